The zero-order chi connectivity index (χ0) is 18.4. The van der Waals surface area contributed by atoms with Crippen LogP contribution >= 0.6 is 0 Å². The number of hydrogen-bond acceptors (Lipinski definition) is 2. The molecule has 0 N–H and O–H groups in total. The number of pyridine rings is 1. The number of aromatic nitrogens is 1. The van der Waals surface area contributed by atoms with E-state index in [1.807, 2.05) is 48.2 Å². The molecule has 26 heavy (non-hydrogen) atoms. The minimum Gasteiger partial charge on any atom is -0.304 e. The van der Waals surface area contributed by atoms with E-state index < -0.39 is 0 Å². The van der Waals surface area contributed by atoms with Gasteiger partial charge in [-0.05, 0) is 42.2 Å². The van der Waals surface area contributed by atoms with Gasteiger partial charge in [-0.3, -0.25) is 9.78 Å². The third-order valence-corrected chi connectivity index (χ3v) is 4.48. The van der Waals surface area contributed by atoms with Gasteiger partial charge in [0, 0.05) is 23.6 Å². The van der Waals surface area contributed by atoms with E-state index >= 15 is 0 Å². The first-order chi connectivity index (χ1) is 12.7. The van der Waals surface area contributed by atoms with E-state index in [4.69, 9.17) is 0 Å². The molecule has 1 heterocycles. The van der Waals surface area contributed by atoms with Crippen molar-refractivity contribution in [3.63, 3.8) is 0 Å². The first-order valence-corrected chi connectivity index (χ1v) is 9.05. The molecule has 0 aliphatic rings. The van der Waals surface area contributed by atoms with Gasteiger partial charge < -0.3 is 4.90 Å². The summed E-state index contributed by atoms with van der Waals surface area (Å²) in [5, 5.41) is 0. The normalized spacial score (nSPS) is 10.5. The van der Waals surface area contributed by atoms with Gasteiger partial charge in [0.25, 0.3) is 5.91 Å². The molecule has 3 aromatic rings. The molecular weight excluding hydrogens is 320 g/mol. The van der Waals surface area contributed by atoms with Crippen LogP contribution in [-0.4, -0.2) is 10.9 Å². The summed E-state index contributed by atoms with van der Waals surface area (Å²) in [6.07, 6.45) is 5.41. The van der Waals surface area contributed by atoms with E-state index in [-0.39, 0.29) is 5.91 Å². The SMILES string of the molecule is CCCc1ccccc1N(Cc1ccccc1)C(=O)c1ccncc1C. The molecule has 3 rings (SSSR count). The number of carbonyl (C=O) groups is 1. The molecule has 1 aromatic heterocycles. The molecule has 0 bridgehead atoms. The topological polar surface area (TPSA) is 33.2 Å². The fourth-order valence-corrected chi connectivity index (χ4v) is 3.15. The average Bonchev–Trinajstić information content (AvgIpc) is 2.68. The molecule has 0 saturated carbocycles. The maximum Gasteiger partial charge on any atom is 0.258 e. The number of hydrogen-bond donors (Lipinski definition) is 0. The predicted octanol–water partition coefficient (Wildman–Crippen LogP) is 5.19. The first-order valence-electron chi connectivity index (χ1n) is 9.05. The lowest BCUT2D eigenvalue weighted by molar-refractivity contribution is 0.0984. The summed E-state index contributed by atoms with van der Waals surface area (Å²) >= 11 is 0. The number of benzene rings is 2. The molecule has 0 fully saturated rings. The van der Waals surface area contributed by atoms with Gasteiger partial charge in [0.2, 0.25) is 0 Å². The molecule has 3 heteroatoms. The van der Waals surface area contributed by atoms with Gasteiger partial charge in [-0.2, -0.15) is 0 Å². The number of para-hydroxylation sites is 1. The Kier molecular flexibility index (Phi) is 5.80. The van der Waals surface area contributed by atoms with Crippen molar-refractivity contribution in [1.29, 1.82) is 0 Å². The molecule has 0 atom stereocenters. The molecular formula is C23H24N2O. The lowest BCUT2D eigenvalue weighted by Gasteiger charge is -2.26. The van der Waals surface area contributed by atoms with Gasteiger partial charge in [0.15, 0.2) is 0 Å². The standard InChI is InChI=1S/C23H24N2O/c1-3-9-20-12-7-8-13-22(20)25(17-19-10-5-4-6-11-19)23(26)21-14-15-24-16-18(21)2/h4-8,10-16H,3,9,17H2,1-2H3. The minimum absolute atomic E-state index is 0.0114. The maximum absolute atomic E-state index is 13.4. The fraction of sp³-hybridized carbons (Fsp3) is 0.217. The number of anilines is 1. The minimum atomic E-state index is 0.0114. The van der Waals surface area contributed by atoms with Crippen LogP contribution in [0, 0.1) is 6.92 Å². The molecule has 0 radical (unpaired) electrons. The van der Waals surface area contributed by atoms with E-state index in [0.29, 0.717) is 12.1 Å². The van der Waals surface area contributed by atoms with Gasteiger partial charge in [-0.1, -0.05) is 61.9 Å². The van der Waals surface area contributed by atoms with Crippen LogP contribution in [0.3, 0.4) is 0 Å². The summed E-state index contributed by atoms with van der Waals surface area (Å²) in [7, 11) is 0. The van der Waals surface area contributed by atoms with Crippen LogP contribution in [0.1, 0.15) is 40.4 Å². The molecule has 3 nitrogen and oxygen atoms in total. The summed E-state index contributed by atoms with van der Waals surface area (Å²) in [4.78, 5) is 19.4. The van der Waals surface area contributed by atoms with Crippen molar-refractivity contribution >= 4 is 11.6 Å². The van der Waals surface area contributed by atoms with Gasteiger partial charge in [-0.25, -0.2) is 0 Å². The Bertz CT molecular complexity index is 874. The van der Waals surface area contributed by atoms with Crippen molar-refractivity contribution in [3.05, 3.63) is 95.3 Å². The number of carbonyl (C=O) groups excluding carboxylic acids is 1. The van der Waals surface area contributed by atoms with Crippen LogP contribution in [-0.2, 0) is 13.0 Å². The van der Waals surface area contributed by atoms with E-state index in [1.54, 1.807) is 18.5 Å². The average molecular weight is 344 g/mol. The highest BCUT2D eigenvalue weighted by Gasteiger charge is 2.21. The van der Waals surface area contributed by atoms with Crippen LogP contribution in [0.2, 0.25) is 0 Å². The second kappa shape index (κ2) is 8.43. The van der Waals surface area contributed by atoms with Gasteiger partial charge in [0.1, 0.15) is 0 Å². The summed E-state index contributed by atoms with van der Waals surface area (Å²) < 4.78 is 0. The fourth-order valence-electron chi connectivity index (χ4n) is 3.15. The Morgan fingerprint density at radius 1 is 1.00 bits per heavy atom. The summed E-state index contributed by atoms with van der Waals surface area (Å²) in [5.74, 6) is 0.0114. The molecule has 0 aliphatic carbocycles. The van der Waals surface area contributed by atoms with E-state index in [9.17, 15) is 4.79 Å². The molecule has 0 unspecified atom stereocenters. The van der Waals surface area contributed by atoms with Crippen molar-refractivity contribution in [2.45, 2.75) is 33.2 Å². The highest BCUT2D eigenvalue weighted by molar-refractivity contribution is 6.07. The van der Waals surface area contributed by atoms with Crippen LogP contribution in [0.4, 0.5) is 5.69 Å². The highest BCUT2D eigenvalue weighted by Crippen LogP contribution is 2.26. The largest absolute Gasteiger partial charge is 0.304 e. The Morgan fingerprint density at radius 3 is 2.46 bits per heavy atom. The third kappa shape index (κ3) is 3.99. The number of rotatable bonds is 6. The molecule has 0 spiro atoms. The monoisotopic (exact) mass is 344 g/mol. The lowest BCUT2D eigenvalue weighted by Crippen LogP contribution is -2.31. The van der Waals surface area contributed by atoms with Crippen molar-refractivity contribution in [3.8, 4) is 0 Å². The smallest absolute Gasteiger partial charge is 0.258 e. The summed E-state index contributed by atoms with van der Waals surface area (Å²) in [6.45, 7) is 4.63. The Morgan fingerprint density at radius 2 is 1.73 bits per heavy atom. The zero-order valence-electron chi connectivity index (χ0n) is 15.4. The second-order valence-electron chi connectivity index (χ2n) is 6.45. The zero-order valence-corrected chi connectivity index (χ0v) is 15.4. The van der Waals surface area contributed by atoms with Gasteiger partial charge in [-0.15, -0.1) is 0 Å². The number of aryl methyl sites for hydroxylation is 2. The van der Waals surface area contributed by atoms with E-state index in [2.05, 4.69) is 30.1 Å². The van der Waals surface area contributed by atoms with Gasteiger partial charge >= 0.3 is 0 Å². The summed E-state index contributed by atoms with van der Waals surface area (Å²) in [5.41, 5.74) is 4.88. The quantitative estimate of drug-likeness (QED) is 0.616. The Balaban J connectivity index is 2.05. The number of amides is 1. The Labute approximate surface area is 155 Å². The third-order valence-electron chi connectivity index (χ3n) is 4.48. The Hall–Kier alpha value is -2.94. The highest BCUT2D eigenvalue weighted by atomic mass is 16.2. The number of nitrogens with zero attached hydrogens (tertiary/aromatic N) is 2. The molecule has 132 valence electrons. The lowest BCUT2D eigenvalue weighted by atomic mass is 10.0. The van der Waals surface area contributed by atoms with Crippen LogP contribution < -0.4 is 4.90 Å². The molecule has 0 aliphatic heterocycles. The first kappa shape index (κ1) is 17.9. The van der Waals surface area contributed by atoms with Gasteiger partial charge in [0.05, 0.1) is 6.54 Å². The molecule has 2 aromatic carbocycles. The van der Waals surface area contributed by atoms with Crippen molar-refractivity contribution < 1.29 is 4.79 Å². The molecule has 1 amide bonds. The van der Waals surface area contributed by atoms with Crippen LogP contribution in [0.15, 0.2) is 73.1 Å². The maximum atomic E-state index is 13.4. The van der Waals surface area contributed by atoms with Crippen molar-refractivity contribution in [2.24, 2.45) is 0 Å². The van der Waals surface area contributed by atoms with E-state index in [1.165, 1.54) is 5.56 Å². The van der Waals surface area contributed by atoms with Crippen molar-refractivity contribution in [1.82, 2.24) is 4.98 Å². The van der Waals surface area contributed by atoms with Crippen LogP contribution in [0.5, 0.6) is 0 Å². The van der Waals surface area contributed by atoms with Crippen molar-refractivity contribution in [2.75, 3.05) is 4.90 Å². The summed E-state index contributed by atoms with van der Waals surface area (Å²) in [6, 6.07) is 20.1. The van der Waals surface area contributed by atoms with Crippen LogP contribution in [0.25, 0.3) is 0 Å². The molecule has 0 saturated heterocycles. The van der Waals surface area contributed by atoms with E-state index in [0.717, 1.165) is 29.7 Å². The predicted molar refractivity (Wildman–Crippen MR) is 106 cm³/mol. The second-order valence-corrected chi connectivity index (χ2v) is 6.45.